The molecule has 7 nitrogen and oxygen atoms in total. The molecule has 1 aromatic heterocycles. The molecule has 2 N–H and O–H groups in total. The highest BCUT2D eigenvalue weighted by Gasteiger charge is 2.24. The maximum Gasteiger partial charge on any atom is 0.240 e. The van der Waals surface area contributed by atoms with Crippen molar-refractivity contribution in [2.75, 3.05) is 16.8 Å². The molecule has 2 aromatic carbocycles. The Hall–Kier alpha value is -2.97. The van der Waals surface area contributed by atoms with Crippen LogP contribution in [0.4, 0.5) is 17.5 Å². The van der Waals surface area contributed by atoms with Gasteiger partial charge in [-0.05, 0) is 60.2 Å². The number of nitrogens with one attached hydrogen (secondary N) is 2. The highest BCUT2D eigenvalue weighted by atomic mass is 32.2. The average molecular weight is 422 g/mol. The summed E-state index contributed by atoms with van der Waals surface area (Å²) >= 11 is 0. The third-order valence-corrected chi connectivity index (χ3v) is 6.92. The van der Waals surface area contributed by atoms with Gasteiger partial charge in [0.05, 0.1) is 4.90 Å². The summed E-state index contributed by atoms with van der Waals surface area (Å²) in [6.07, 6.45) is 3.94. The van der Waals surface area contributed by atoms with Crippen LogP contribution in [-0.4, -0.2) is 24.9 Å². The molecule has 1 aliphatic carbocycles. The van der Waals surface area contributed by atoms with Crippen molar-refractivity contribution in [2.45, 2.75) is 30.8 Å². The summed E-state index contributed by atoms with van der Waals surface area (Å²) in [6.45, 7) is 2.17. The second-order valence-corrected chi connectivity index (χ2v) is 9.57. The molecule has 0 bridgehead atoms. The Morgan fingerprint density at radius 3 is 2.33 bits per heavy atom. The van der Waals surface area contributed by atoms with Gasteiger partial charge < -0.3 is 10.2 Å². The number of aromatic nitrogens is 2. The van der Waals surface area contributed by atoms with E-state index in [1.807, 2.05) is 6.07 Å². The van der Waals surface area contributed by atoms with Crippen LogP contribution in [0.3, 0.4) is 0 Å². The smallest absolute Gasteiger partial charge is 0.240 e. The molecule has 1 fully saturated rings. The summed E-state index contributed by atoms with van der Waals surface area (Å²) in [5.74, 6) is 1.83. The number of fused-ring (bicyclic) bond motifs is 1. The lowest BCUT2D eigenvalue weighted by Crippen LogP contribution is -2.25. The van der Waals surface area contributed by atoms with Crippen molar-refractivity contribution in [2.24, 2.45) is 5.92 Å². The van der Waals surface area contributed by atoms with Crippen LogP contribution in [0.15, 0.2) is 65.7 Å². The standard InChI is InChI=1S/C22H23N5O2S/c28-30(29,24-13-16-5-6-16)20-9-7-19(8-10-20)25-22-23-12-11-21(26-22)27-14-17-3-1-2-4-18(17)15-27/h1-4,7-12,16,24H,5-6,13-15H2,(H,23,25,26). The number of rotatable bonds is 7. The number of benzene rings is 2. The summed E-state index contributed by atoms with van der Waals surface area (Å²) in [5.41, 5.74) is 3.37. The van der Waals surface area contributed by atoms with E-state index >= 15 is 0 Å². The fraction of sp³-hybridized carbons (Fsp3) is 0.273. The molecule has 5 rings (SSSR count). The van der Waals surface area contributed by atoms with Crippen LogP contribution < -0.4 is 14.9 Å². The Labute approximate surface area is 176 Å². The zero-order valence-corrected chi connectivity index (χ0v) is 17.3. The van der Waals surface area contributed by atoms with Crippen molar-refractivity contribution in [1.29, 1.82) is 0 Å². The number of hydrogen-bond acceptors (Lipinski definition) is 6. The van der Waals surface area contributed by atoms with Gasteiger partial charge in [-0.25, -0.2) is 18.1 Å². The molecule has 0 atom stereocenters. The van der Waals surface area contributed by atoms with E-state index in [0.29, 0.717) is 18.4 Å². The van der Waals surface area contributed by atoms with E-state index < -0.39 is 10.0 Å². The lowest BCUT2D eigenvalue weighted by atomic mass is 10.1. The van der Waals surface area contributed by atoms with E-state index in [1.165, 1.54) is 11.1 Å². The predicted molar refractivity (Wildman–Crippen MR) is 116 cm³/mol. The first-order chi connectivity index (χ1) is 14.6. The molecule has 2 aliphatic rings. The van der Waals surface area contributed by atoms with E-state index in [1.54, 1.807) is 30.5 Å². The monoisotopic (exact) mass is 421 g/mol. The van der Waals surface area contributed by atoms with Crippen LogP contribution in [-0.2, 0) is 23.1 Å². The van der Waals surface area contributed by atoms with Gasteiger partial charge in [-0.3, -0.25) is 0 Å². The fourth-order valence-electron chi connectivity index (χ4n) is 3.56. The van der Waals surface area contributed by atoms with Gasteiger partial charge in [0, 0.05) is 31.5 Å². The average Bonchev–Trinajstić information content (AvgIpc) is 3.49. The molecule has 1 saturated carbocycles. The van der Waals surface area contributed by atoms with E-state index in [0.717, 1.165) is 37.4 Å². The van der Waals surface area contributed by atoms with Gasteiger partial charge in [0.1, 0.15) is 5.82 Å². The summed E-state index contributed by atoms with van der Waals surface area (Å²) < 4.78 is 27.4. The Bertz CT molecular complexity index is 1140. The van der Waals surface area contributed by atoms with Crippen LogP contribution in [0, 0.1) is 5.92 Å². The second-order valence-electron chi connectivity index (χ2n) is 7.81. The minimum atomic E-state index is -3.46. The molecule has 0 amide bonds. The normalized spacial score (nSPS) is 15.8. The van der Waals surface area contributed by atoms with E-state index in [9.17, 15) is 8.42 Å². The molecule has 2 heterocycles. The molecular formula is C22H23N5O2S. The Morgan fingerprint density at radius 2 is 1.67 bits per heavy atom. The van der Waals surface area contributed by atoms with E-state index in [-0.39, 0.29) is 4.90 Å². The van der Waals surface area contributed by atoms with Gasteiger partial charge in [0.25, 0.3) is 0 Å². The molecule has 0 radical (unpaired) electrons. The minimum absolute atomic E-state index is 0.262. The first-order valence-electron chi connectivity index (χ1n) is 10.1. The summed E-state index contributed by atoms with van der Waals surface area (Å²) in [6, 6.07) is 17.0. The van der Waals surface area contributed by atoms with Crippen LogP contribution >= 0.6 is 0 Å². The summed E-state index contributed by atoms with van der Waals surface area (Å²) in [7, 11) is -3.46. The van der Waals surface area contributed by atoms with Gasteiger partial charge in [-0.15, -0.1) is 0 Å². The van der Waals surface area contributed by atoms with Crippen molar-refractivity contribution in [3.63, 3.8) is 0 Å². The molecule has 0 unspecified atom stereocenters. The van der Waals surface area contributed by atoms with Crippen molar-refractivity contribution in [3.05, 3.63) is 71.9 Å². The highest BCUT2D eigenvalue weighted by Crippen LogP contribution is 2.29. The first-order valence-corrected chi connectivity index (χ1v) is 11.6. The lowest BCUT2D eigenvalue weighted by molar-refractivity contribution is 0.577. The molecule has 0 saturated heterocycles. The zero-order valence-electron chi connectivity index (χ0n) is 16.5. The van der Waals surface area contributed by atoms with Crippen LogP contribution in [0.5, 0.6) is 0 Å². The molecule has 3 aromatic rings. The molecular weight excluding hydrogens is 398 g/mol. The van der Waals surface area contributed by atoms with Gasteiger partial charge in [-0.1, -0.05) is 24.3 Å². The number of hydrogen-bond donors (Lipinski definition) is 2. The fourth-order valence-corrected chi connectivity index (χ4v) is 4.68. The Morgan fingerprint density at radius 1 is 0.967 bits per heavy atom. The van der Waals surface area contributed by atoms with Gasteiger partial charge in [0.15, 0.2) is 0 Å². The zero-order chi connectivity index (χ0) is 20.6. The topological polar surface area (TPSA) is 87.2 Å². The molecule has 8 heteroatoms. The molecule has 0 spiro atoms. The number of nitrogens with zero attached hydrogens (tertiary/aromatic N) is 3. The molecule has 154 valence electrons. The second kappa shape index (κ2) is 7.70. The maximum absolute atomic E-state index is 12.4. The quantitative estimate of drug-likeness (QED) is 0.608. The van der Waals surface area contributed by atoms with Crippen LogP contribution in [0.25, 0.3) is 0 Å². The SMILES string of the molecule is O=S(=O)(NCC1CC1)c1ccc(Nc2nccc(N3Cc4ccccc4C3)n2)cc1. The van der Waals surface area contributed by atoms with Gasteiger partial charge >= 0.3 is 0 Å². The lowest BCUT2D eigenvalue weighted by Gasteiger charge is -2.17. The highest BCUT2D eigenvalue weighted by molar-refractivity contribution is 7.89. The van der Waals surface area contributed by atoms with Crippen LogP contribution in [0.1, 0.15) is 24.0 Å². The number of sulfonamides is 1. The minimum Gasteiger partial charge on any atom is -0.348 e. The van der Waals surface area contributed by atoms with Crippen molar-refractivity contribution < 1.29 is 8.42 Å². The van der Waals surface area contributed by atoms with Crippen LogP contribution in [0.2, 0.25) is 0 Å². The Balaban J connectivity index is 1.27. The predicted octanol–water partition coefficient (Wildman–Crippen LogP) is 3.43. The maximum atomic E-state index is 12.4. The summed E-state index contributed by atoms with van der Waals surface area (Å²) in [4.78, 5) is 11.4. The van der Waals surface area contributed by atoms with Crippen molar-refractivity contribution in [1.82, 2.24) is 14.7 Å². The van der Waals surface area contributed by atoms with E-state index in [2.05, 4.69) is 49.2 Å². The summed E-state index contributed by atoms with van der Waals surface area (Å²) in [5, 5.41) is 3.16. The van der Waals surface area contributed by atoms with Crippen molar-refractivity contribution in [3.8, 4) is 0 Å². The number of anilines is 3. The molecule has 1 aliphatic heterocycles. The largest absolute Gasteiger partial charge is 0.348 e. The van der Waals surface area contributed by atoms with Gasteiger partial charge in [-0.2, -0.15) is 4.98 Å². The third-order valence-electron chi connectivity index (χ3n) is 5.49. The van der Waals surface area contributed by atoms with Crippen molar-refractivity contribution >= 4 is 27.5 Å². The molecule has 30 heavy (non-hydrogen) atoms. The van der Waals surface area contributed by atoms with Gasteiger partial charge in [0.2, 0.25) is 16.0 Å². The van der Waals surface area contributed by atoms with E-state index in [4.69, 9.17) is 0 Å². The Kier molecular flexibility index (Phi) is 4.88. The third kappa shape index (κ3) is 4.15. The first kappa shape index (κ1) is 19.0.